The molecule has 0 aromatic heterocycles. The first-order chi connectivity index (χ1) is 14.5. The number of carbonyl (C=O) groups is 2. The summed E-state index contributed by atoms with van der Waals surface area (Å²) in [5, 5.41) is 3.10. The second-order valence-electron chi connectivity index (χ2n) is 8.44. The van der Waals surface area contributed by atoms with E-state index in [-0.39, 0.29) is 17.9 Å². The van der Waals surface area contributed by atoms with Crippen molar-refractivity contribution in [2.24, 2.45) is 5.92 Å². The van der Waals surface area contributed by atoms with Gasteiger partial charge in [-0.2, -0.15) is 0 Å². The Morgan fingerprint density at radius 1 is 1.07 bits per heavy atom. The van der Waals surface area contributed by atoms with E-state index in [0.717, 1.165) is 44.1 Å². The number of carbonyl (C=O) groups excluding carboxylic acids is 2. The molecule has 0 spiro atoms. The molecule has 2 rings (SSSR count). The molecule has 1 saturated carbocycles. The molecule has 1 aromatic carbocycles. The second-order valence-corrected chi connectivity index (χ2v) is 8.44. The van der Waals surface area contributed by atoms with E-state index in [2.05, 4.69) is 19.2 Å². The second kappa shape index (κ2) is 13.3. The molecule has 1 aliphatic carbocycles. The number of esters is 1. The SMILES string of the molecule is CCCCOC(=O)c1cc(C(C)NC(=O)CC2CCCCC2)ccc1OCCCC. The number of amides is 1. The highest BCUT2D eigenvalue weighted by atomic mass is 16.5. The molecular weight excluding hydrogens is 378 g/mol. The third-order valence-electron chi connectivity index (χ3n) is 5.79. The van der Waals surface area contributed by atoms with Crippen LogP contribution in [0.15, 0.2) is 18.2 Å². The van der Waals surface area contributed by atoms with E-state index in [4.69, 9.17) is 9.47 Å². The van der Waals surface area contributed by atoms with Gasteiger partial charge in [0.15, 0.2) is 0 Å². The van der Waals surface area contributed by atoms with Gasteiger partial charge in [-0.1, -0.05) is 52.0 Å². The summed E-state index contributed by atoms with van der Waals surface area (Å²) in [5.74, 6) is 0.779. The summed E-state index contributed by atoms with van der Waals surface area (Å²) in [4.78, 5) is 25.1. The van der Waals surface area contributed by atoms with Crippen LogP contribution < -0.4 is 10.1 Å². The number of unbranched alkanes of at least 4 members (excludes halogenated alkanes) is 2. The molecule has 1 fully saturated rings. The fourth-order valence-corrected chi connectivity index (χ4v) is 3.85. The molecule has 5 nitrogen and oxygen atoms in total. The molecule has 0 bridgehead atoms. The van der Waals surface area contributed by atoms with E-state index in [1.807, 2.05) is 19.1 Å². The zero-order chi connectivity index (χ0) is 21.8. The summed E-state index contributed by atoms with van der Waals surface area (Å²) >= 11 is 0. The van der Waals surface area contributed by atoms with Crippen molar-refractivity contribution in [3.8, 4) is 5.75 Å². The van der Waals surface area contributed by atoms with Crippen molar-refractivity contribution in [1.82, 2.24) is 5.32 Å². The van der Waals surface area contributed by atoms with Crippen LogP contribution in [0.5, 0.6) is 5.75 Å². The van der Waals surface area contributed by atoms with Crippen LogP contribution in [-0.2, 0) is 9.53 Å². The largest absolute Gasteiger partial charge is 0.493 e. The molecule has 1 aromatic rings. The molecule has 1 N–H and O–H groups in total. The van der Waals surface area contributed by atoms with Crippen LogP contribution >= 0.6 is 0 Å². The monoisotopic (exact) mass is 417 g/mol. The normalized spacial score (nSPS) is 15.4. The Balaban J connectivity index is 2.04. The molecule has 1 amide bonds. The Hall–Kier alpha value is -2.04. The molecule has 30 heavy (non-hydrogen) atoms. The average Bonchev–Trinajstić information content (AvgIpc) is 2.74. The van der Waals surface area contributed by atoms with Gasteiger partial charge in [0.05, 0.1) is 19.3 Å². The van der Waals surface area contributed by atoms with Gasteiger partial charge in [-0.3, -0.25) is 4.79 Å². The van der Waals surface area contributed by atoms with Gasteiger partial charge in [-0.05, 0) is 56.2 Å². The molecule has 1 aliphatic rings. The Bertz CT molecular complexity index is 667. The van der Waals surface area contributed by atoms with E-state index >= 15 is 0 Å². The fraction of sp³-hybridized carbons (Fsp3) is 0.680. The zero-order valence-electron chi connectivity index (χ0n) is 19.0. The van der Waals surface area contributed by atoms with Crippen LogP contribution in [0.1, 0.15) is 107 Å². The molecule has 0 saturated heterocycles. The minimum Gasteiger partial charge on any atom is -0.493 e. The van der Waals surface area contributed by atoms with Crippen LogP contribution in [0.25, 0.3) is 0 Å². The van der Waals surface area contributed by atoms with Crippen molar-refractivity contribution in [2.75, 3.05) is 13.2 Å². The predicted molar refractivity (Wildman–Crippen MR) is 120 cm³/mol. The van der Waals surface area contributed by atoms with Crippen LogP contribution in [0.4, 0.5) is 0 Å². The van der Waals surface area contributed by atoms with Crippen molar-refractivity contribution >= 4 is 11.9 Å². The summed E-state index contributed by atoms with van der Waals surface area (Å²) in [6.07, 6.45) is 10.4. The van der Waals surface area contributed by atoms with Crippen molar-refractivity contribution < 1.29 is 19.1 Å². The van der Waals surface area contributed by atoms with Gasteiger partial charge >= 0.3 is 5.97 Å². The number of nitrogens with one attached hydrogen (secondary N) is 1. The van der Waals surface area contributed by atoms with Crippen LogP contribution in [-0.4, -0.2) is 25.1 Å². The Morgan fingerprint density at radius 2 is 1.77 bits per heavy atom. The van der Waals surface area contributed by atoms with Crippen molar-refractivity contribution in [3.05, 3.63) is 29.3 Å². The lowest BCUT2D eigenvalue weighted by molar-refractivity contribution is -0.122. The summed E-state index contributed by atoms with van der Waals surface area (Å²) < 4.78 is 11.3. The number of ether oxygens (including phenoxy) is 2. The molecule has 168 valence electrons. The lowest BCUT2D eigenvalue weighted by Gasteiger charge is -2.22. The van der Waals surface area contributed by atoms with Gasteiger partial charge < -0.3 is 14.8 Å². The Labute approximate surface area is 181 Å². The van der Waals surface area contributed by atoms with Crippen molar-refractivity contribution in [2.45, 2.75) is 91.0 Å². The average molecular weight is 418 g/mol. The van der Waals surface area contributed by atoms with Gasteiger partial charge in [0, 0.05) is 6.42 Å². The van der Waals surface area contributed by atoms with Crippen LogP contribution in [0.2, 0.25) is 0 Å². The highest BCUT2D eigenvalue weighted by molar-refractivity contribution is 5.92. The minimum atomic E-state index is -0.363. The first-order valence-electron chi connectivity index (χ1n) is 11.8. The zero-order valence-corrected chi connectivity index (χ0v) is 19.0. The van der Waals surface area contributed by atoms with E-state index in [9.17, 15) is 9.59 Å². The standard InChI is InChI=1S/C25H39NO4/c1-4-6-15-29-23-14-13-21(18-22(23)25(28)30-16-7-5-2)19(3)26-24(27)17-20-11-9-8-10-12-20/h13-14,18-20H,4-12,15-17H2,1-3H3,(H,26,27). The number of rotatable bonds is 12. The molecular formula is C25H39NO4. The molecule has 0 heterocycles. The van der Waals surface area contributed by atoms with Gasteiger partial charge in [-0.15, -0.1) is 0 Å². The van der Waals surface area contributed by atoms with E-state index in [0.29, 0.717) is 36.9 Å². The van der Waals surface area contributed by atoms with E-state index in [1.165, 1.54) is 19.3 Å². The maximum absolute atomic E-state index is 12.6. The number of hydrogen-bond donors (Lipinski definition) is 1. The smallest absolute Gasteiger partial charge is 0.341 e. The summed E-state index contributed by atoms with van der Waals surface area (Å²) in [6, 6.07) is 5.38. The van der Waals surface area contributed by atoms with Crippen LogP contribution in [0, 0.1) is 5.92 Å². The highest BCUT2D eigenvalue weighted by Crippen LogP contribution is 2.28. The third-order valence-corrected chi connectivity index (χ3v) is 5.79. The first-order valence-corrected chi connectivity index (χ1v) is 11.8. The Morgan fingerprint density at radius 3 is 2.47 bits per heavy atom. The van der Waals surface area contributed by atoms with Crippen molar-refractivity contribution in [3.63, 3.8) is 0 Å². The third kappa shape index (κ3) is 8.00. The quantitative estimate of drug-likeness (QED) is 0.336. The van der Waals surface area contributed by atoms with Crippen molar-refractivity contribution in [1.29, 1.82) is 0 Å². The molecule has 0 aliphatic heterocycles. The molecule has 1 atom stereocenters. The summed E-state index contributed by atoms with van der Waals surface area (Å²) in [5.41, 5.74) is 1.32. The van der Waals surface area contributed by atoms with Gasteiger partial charge in [-0.25, -0.2) is 4.79 Å². The van der Waals surface area contributed by atoms with Gasteiger partial charge in [0.2, 0.25) is 5.91 Å². The number of benzene rings is 1. The van der Waals surface area contributed by atoms with Gasteiger partial charge in [0.25, 0.3) is 0 Å². The van der Waals surface area contributed by atoms with E-state index < -0.39 is 0 Å². The highest BCUT2D eigenvalue weighted by Gasteiger charge is 2.21. The topological polar surface area (TPSA) is 64.6 Å². The summed E-state index contributed by atoms with van der Waals surface area (Å²) in [7, 11) is 0. The van der Waals surface area contributed by atoms with E-state index in [1.54, 1.807) is 6.07 Å². The first kappa shape index (κ1) is 24.2. The lowest BCUT2D eigenvalue weighted by atomic mass is 9.87. The van der Waals surface area contributed by atoms with Gasteiger partial charge in [0.1, 0.15) is 11.3 Å². The number of hydrogen-bond acceptors (Lipinski definition) is 4. The molecule has 5 heteroatoms. The lowest BCUT2D eigenvalue weighted by Crippen LogP contribution is -2.29. The van der Waals surface area contributed by atoms with Crippen LogP contribution in [0.3, 0.4) is 0 Å². The summed E-state index contributed by atoms with van der Waals surface area (Å²) in [6.45, 7) is 7.09. The molecule has 0 radical (unpaired) electrons. The molecule has 1 unspecified atom stereocenters. The maximum atomic E-state index is 12.6. The fourth-order valence-electron chi connectivity index (χ4n) is 3.85. The maximum Gasteiger partial charge on any atom is 0.341 e. The minimum absolute atomic E-state index is 0.0877. The predicted octanol–water partition coefficient (Wildman–Crippen LogP) is 5.97. The Kier molecular flexibility index (Phi) is 10.7.